The second-order valence-electron chi connectivity index (χ2n) is 15.5. The van der Waals surface area contributed by atoms with Gasteiger partial charge in [-0.15, -0.1) is 0 Å². The number of pyridine rings is 1. The molecule has 62 heavy (non-hydrogen) atoms. The van der Waals surface area contributed by atoms with Crippen LogP contribution in [0.3, 0.4) is 0 Å². The summed E-state index contributed by atoms with van der Waals surface area (Å²) in [6.45, 7) is 0. The Morgan fingerprint density at radius 1 is 0.306 bits per heavy atom. The normalized spacial score (nSPS) is 11.5. The Morgan fingerprint density at radius 3 is 1.58 bits per heavy atom. The van der Waals surface area contributed by atoms with Crippen molar-refractivity contribution in [1.82, 2.24) is 29.1 Å². The van der Waals surface area contributed by atoms with Gasteiger partial charge in [0.2, 0.25) is 0 Å². The van der Waals surface area contributed by atoms with Gasteiger partial charge in [-0.25, -0.2) is 15.0 Å². The van der Waals surface area contributed by atoms with Crippen LogP contribution in [0.2, 0.25) is 0 Å². The SMILES string of the molecule is c1ccc(-c2nc(-c3ccccc3)nc(-c3cc(-c4cccc5c4c4ccccc4n5-c4cccc(-c5ccc6c(c5)c5ccccc5n6-c5ccccc5)c4)ccn3)n2)cc1. The quantitative estimate of drug-likeness (QED) is 0.161. The molecule has 6 heteroatoms. The van der Waals surface area contributed by atoms with Gasteiger partial charge in [0.05, 0.1) is 22.1 Å². The molecule has 0 N–H and O–H groups in total. The molecule has 8 aromatic carbocycles. The standard InChI is InChI=1S/C56H36N6/c1-4-16-37(17-5-1)54-58-55(38-18-6-2-7-19-38)60-56(59-54)48-36-41(32-33-57-48)44-26-15-29-52-53(44)46-25-11-13-28-50(46)62(52)43-23-14-20-39(34-43)40-30-31-51-47(35-40)45-24-10-12-27-49(45)61(51)42-21-8-3-9-22-42/h1-36H. The molecule has 0 aliphatic heterocycles. The minimum Gasteiger partial charge on any atom is -0.309 e. The Hall–Kier alpha value is -8.48. The van der Waals surface area contributed by atoms with E-state index in [9.17, 15) is 0 Å². The molecular weight excluding hydrogens is 757 g/mol. The molecule has 4 aromatic heterocycles. The van der Waals surface area contributed by atoms with Crippen LogP contribution >= 0.6 is 0 Å². The molecule has 12 aromatic rings. The van der Waals surface area contributed by atoms with Crippen molar-refractivity contribution in [3.63, 3.8) is 0 Å². The van der Waals surface area contributed by atoms with Crippen LogP contribution in [-0.4, -0.2) is 29.1 Å². The summed E-state index contributed by atoms with van der Waals surface area (Å²) in [5.41, 5.74) is 13.9. The fourth-order valence-electron chi connectivity index (χ4n) is 9.01. The summed E-state index contributed by atoms with van der Waals surface area (Å²) in [5.74, 6) is 1.73. The van der Waals surface area contributed by atoms with Crippen molar-refractivity contribution < 1.29 is 0 Å². The number of hydrogen-bond donors (Lipinski definition) is 0. The molecule has 290 valence electrons. The first-order valence-electron chi connectivity index (χ1n) is 20.8. The molecule has 0 bridgehead atoms. The second-order valence-corrected chi connectivity index (χ2v) is 15.5. The summed E-state index contributed by atoms with van der Waals surface area (Å²) >= 11 is 0. The number of benzene rings is 8. The van der Waals surface area contributed by atoms with Crippen LogP contribution in [0.4, 0.5) is 0 Å². The van der Waals surface area contributed by atoms with E-state index in [1.807, 2.05) is 66.9 Å². The zero-order chi connectivity index (χ0) is 41.0. The molecule has 0 saturated heterocycles. The van der Waals surface area contributed by atoms with Crippen LogP contribution in [0.25, 0.3) is 112 Å². The topological polar surface area (TPSA) is 61.4 Å². The Morgan fingerprint density at radius 2 is 0.839 bits per heavy atom. The van der Waals surface area contributed by atoms with Crippen LogP contribution < -0.4 is 0 Å². The molecule has 0 atom stereocenters. The summed E-state index contributed by atoms with van der Waals surface area (Å²) < 4.78 is 4.75. The van der Waals surface area contributed by atoms with E-state index in [1.165, 1.54) is 38.1 Å². The van der Waals surface area contributed by atoms with Gasteiger partial charge in [-0.3, -0.25) is 4.98 Å². The molecule has 0 spiro atoms. The van der Waals surface area contributed by atoms with E-state index in [1.54, 1.807) is 0 Å². The van der Waals surface area contributed by atoms with Crippen LogP contribution in [0.5, 0.6) is 0 Å². The first kappa shape index (κ1) is 35.5. The highest BCUT2D eigenvalue weighted by Crippen LogP contribution is 2.40. The van der Waals surface area contributed by atoms with Crippen molar-refractivity contribution in [2.24, 2.45) is 0 Å². The van der Waals surface area contributed by atoms with Gasteiger partial charge in [0.15, 0.2) is 17.5 Å². The van der Waals surface area contributed by atoms with Crippen LogP contribution in [-0.2, 0) is 0 Å². The monoisotopic (exact) mass is 792 g/mol. The largest absolute Gasteiger partial charge is 0.309 e. The Balaban J connectivity index is 0.983. The Labute approximate surface area is 357 Å². The van der Waals surface area contributed by atoms with E-state index >= 15 is 0 Å². The van der Waals surface area contributed by atoms with Gasteiger partial charge in [-0.1, -0.05) is 146 Å². The maximum Gasteiger partial charge on any atom is 0.182 e. The van der Waals surface area contributed by atoms with E-state index in [2.05, 4.69) is 161 Å². The number of rotatable bonds is 7. The smallest absolute Gasteiger partial charge is 0.182 e. The van der Waals surface area contributed by atoms with E-state index in [-0.39, 0.29) is 0 Å². The summed E-state index contributed by atoms with van der Waals surface area (Å²) in [4.78, 5) is 19.7. The lowest BCUT2D eigenvalue weighted by molar-refractivity contribution is 1.06. The van der Waals surface area contributed by atoms with Crippen molar-refractivity contribution in [3.05, 3.63) is 219 Å². The van der Waals surface area contributed by atoms with Gasteiger partial charge in [0, 0.05) is 50.2 Å². The van der Waals surface area contributed by atoms with E-state index < -0.39 is 0 Å². The van der Waals surface area contributed by atoms with Gasteiger partial charge in [0.1, 0.15) is 5.69 Å². The average molecular weight is 793 g/mol. The van der Waals surface area contributed by atoms with Crippen molar-refractivity contribution in [3.8, 4) is 67.9 Å². The summed E-state index contributed by atoms with van der Waals surface area (Å²) in [5, 5.41) is 4.82. The highest BCUT2D eigenvalue weighted by atomic mass is 15.0. The minimum absolute atomic E-state index is 0.522. The Kier molecular flexibility index (Phi) is 8.38. The predicted octanol–water partition coefficient (Wildman–Crippen LogP) is 13.8. The lowest BCUT2D eigenvalue weighted by atomic mass is 9.99. The zero-order valence-electron chi connectivity index (χ0n) is 33.5. The van der Waals surface area contributed by atoms with Gasteiger partial charge in [-0.2, -0.15) is 0 Å². The highest BCUT2D eigenvalue weighted by molar-refractivity contribution is 6.16. The lowest BCUT2D eigenvalue weighted by Gasteiger charge is -2.12. The Bertz CT molecular complexity index is 3570. The number of para-hydroxylation sites is 3. The molecule has 0 aliphatic carbocycles. The molecule has 0 amide bonds. The third kappa shape index (κ3) is 5.96. The molecule has 12 rings (SSSR count). The molecule has 6 nitrogen and oxygen atoms in total. The van der Waals surface area contributed by atoms with Gasteiger partial charge < -0.3 is 9.13 Å². The van der Waals surface area contributed by atoms with Crippen LogP contribution in [0.1, 0.15) is 0 Å². The highest BCUT2D eigenvalue weighted by Gasteiger charge is 2.19. The van der Waals surface area contributed by atoms with Gasteiger partial charge >= 0.3 is 0 Å². The van der Waals surface area contributed by atoms with E-state index in [0.29, 0.717) is 23.2 Å². The number of fused-ring (bicyclic) bond motifs is 6. The molecule has 4 heterocycles. The first-order valence-corrected chi connectivity index (χ1v) is 20.8. The van der Waals surface area contributed by atoms with Crippen LogP contribution in [0.15, 0.2) is 219 Å². The molecular formula is C56H36N6. The fraction of sp³-hybridized carbons (Fsp3) is 0. The van der Waals surface area contributed by atoms with Crippen molar-refractivity contribution in [1.29, 1.82) is 0 Å². The molecule has 0 unspecified atom stereocenters. The molecule has 0 fully saturated rings. The molecule has 0 saturated carbocycles. The predicted molar refractivity (Wildman–Crippen MR) is 253 cm³/mol. The maximum absolute atomic E-state index is 4.98. The van der Waals surface area contributed by atoms with Gasteiger partial charge in [-0.05, 0) is 89.0 Å². The number of hydrogen-bond acceptors (Lipinski definition) is 4. The van der Waals surface area contributed by atoms with Crippen molar-refractivity contribution in [2.75, 3.05) is 0 Å². The zero-order valence-corrected chi connectivity index (χ0v) is 33.5. The number of aromatic nitrogens is 6. The van der Waals surface area contributed by atoms with Gasteiger partial charge in [0.25, 0.3) is 0 Å². The summed E-state index contributed by atoms with van der Waals surface area (Å²) in [7, 11) is 0. The average Bonchev–Trinajstić information content (AvgIpc) is 3.87. The summed E-state index contributed by atoms with van der Waals surface area (Å²) in [6.07, 6.45) is 1.86. The maximum atomic E-state index is 4.98. The number of nitrogens with zero attached hydrogens (tertiary/aromatic N) is 6. The minimum atomic E-state index is 0.522. The van der Waals surface area contributed by atoms with E-state index in [0.717, 1.165) is 50.2 Å². The van der Waals surface area contributed by atoms with Crippen molar-refractivity contribution in [2.45, 2.75) is 0 Å². The lowest BCUT2D eigenvalue weighted by Crippen LogP contribution is -2.01. The molecule has 0 radical (unpaired) electrons. The first-order chi connectivity index (χ1) is 30.7. The third-order valence-corrected chi connectivity index (χ3v) is 11.8. The van der Waals surface area contributed by atoms with E-state index in [4.69, 9.17) is 19.9 Å². The van der Waals surface area contributed by atoms with Crippen LogP contribution in [0, 0.1) is 0 Å². The second kappa shape index (κ2) is 14.7. The van der Waals surface area contributed by atoms with Crippen molar-refractivity contribution >= 4 is 43.6 Å². The molecule has 0 aliphatic rings. The fourth-order valence-corrected chi connectivity index (χ4v) is 9.01. The summed E-state index contributed by atoms with van der Waals surface area (Å²) in [6, 6.07) is 74.6. The third-order valence-electron chi connectivity index (χ3n) is 11.8.